The van der Waals surface area contributed by atoms with Crippen LogP contribution in [-0.4, -0.2) is 36.9 Å². The van der Waals surface area contributed by atoms with Crippen molar-refractivity contribution in [2.24, 2.45) is 0 Å². The molecule has 0 spiro atoms. The number of esters is 1. The quantitative estimate of drug-likeness (QED) is 0.570. The second-order valence-electron chi connectivity index (χ2n) is 6.25. The predicted octanol–water partition coefficient (Wildman–Crippen LogP) is 2.53. The van der Waals surface area contributed by atoms with Gasteiger partial charge in [-0.3, -0.25) is 19.3 Å². The first-order valence-electron chi connectivity index (χ1n) is 9.13. The second kappa shape index (κ2) is 9.01. The summed E-state index contributed by atoms with van der Waals surface area (Å²) in [5, 5.41) is 2.62. The molecule has 1 aliphatic rings. The largest absolute Gasteiger partial charge is 0.494 e. The van der Waals surface area contributed by atoms with Crippen LogP contribution in [0.1, 0.15) is 30.1 Å². The van der Waals surface area contributed by atoms with E-state index in [1.807, 2.05) is 6.92 Å². The Bertz CT molecular complexity index is 922. The summed E-state index contributed by atoms with van der Waals surface area (Å²) in [7, 11) is 0. The average molecular weight is 396 g/mol. The molecule has 1 saturated heterocycles. The number of carbonyl (C=O) groups excluding carboxylic acids is 4. The Morgan fingerprint density at radius 3 is 2.38 bits per heavy atom. The molecule has 29 heavy (non-hydrogen) atoms. The molecule has 0 atom stereocenters. The Morgan fingerprint density at radius 1 is 1.03 bits per heavy atom. The molecule has 2 aromatic rings. The monoisotopic (exact) mass is 396 g/mol. The van der Waals surface area contributed by atoms with E-state index >= 15 is 0 Å². The van der Waals surface area contributed by atoms with Gasteiger partial charge in [0.2, 0.25) is 11.8 Å². The van der Waals surface area contributed by atoms with Crippen molar-refractivity contribution in [2.75, 3.05) is 23.4 Å². The lowest BCUT2D eigenvalue weighted by atomic mass is 10.2. The number of hydrogen-bond acceptors (Lipinski definition) is 6. The standard InChI is InChI=1S/C21H20N2O6/c1-2-28-17-8-6-15(7-9-17)22-18(24)13-29-21(27)14-4-3-5-16(12-14)23-19(25)10-11-20(23)26/h3-9,12H,2,10-11,13H2,1H3,(H,22,24). The Hall–Kier alpha value is -3.68. The number of amides is 3. The van der Waals surface area contributed by atoms with Crippen LogP contribution in [0.3, 0.4) is 0 Å². The van der Waals surface area contributed by atoms with Gasteiger partial charge in [0.15, 0.2) is 6.61 Å². The molecule has 1 heterocycles. The SMILES string of the molecule is CCOc1ccc(NC(=O)COC(=O)c2cccc(N3C(=O)CCC3=O)c2)cc1. The van der Waals surface area contributed by atoms with Gasteiger partial charge in [-0.15, -0.1) is 0 Å². The summed E-state index contributed by atoms with van der Waals surface area (Å²) in [4.78, 5) is 49.0. The number of imide groups is 1. The summed E-state index contributed by atoms with van der Waals surface area (Å²) in [5.74, 6) is -1.16. The van der Waals surface area contributed by atoms with Gasteiger partial charge in [-0.1, -0.05) is 6.07 Å². The Kier molecular flexibility index (Phi) is 6.23. The van der Waals surface area contributed by atoms with Crippen molar-refractivity contribution in [2.45, 2.75) is 19.8 Å². The molecule has 3 amide bonds. The molecule has 150 valence electrons. The second-order valence-corrected chi connectivity index (χ2v) is 6.25. The molecule has 0 saturated carbocycles. The van der Waals surface area contributed by atoms with E-state index in [4.69, 9.17) is 9.47 Å². The van der Waals surface area contributed by atoms with Crippen LogP contribution in [-0.2, 0) is 19.1 Å². The Balaban J connectivity index is 1.56. The lowest BCUT2D eigenvalue weighted by Gasteiger charge is -2.14. The third kappa shape index (κ3) is 4.98. The highest BCUT2D eigenvalue weighted by Crippen LogP contribution is 2.23. The maximum absolute atomic E-state index is 12.2. The molecule has 2 aromatic carbocycles. The number of benzene rings is 2. The molecule has 0 aromatic heterocycles. The maximum Gasteiger partial charge on any atom is 0.338 e. The van der Waals surface area contributed by atoms with Crippen LogP contribution < -0.4 is 15.0 Å². The first kappa shape index (κ1) is 20.1. The molecule has 0 aliphatic carbocycles. The molecule has 8 heteroatoms. The highest BCUT2D eigenvalue weighted by atomic mass is 16.5. The van der Waals surface area contributed by atoms with Crippen molar-refractivity contribution in [3.8, 4) is 5.75 Å². The van der Waals surface area contributed by atoms with E-state index in [1.54, 1.807) is 36.4 Å². The summed E-state index contributed by atoms with van der Waals surface area (Å²) in [6, 6.07) is 12.8. The molecule has 3 rings (SSSR count). The molecule has 0 bridgehead atoms. The van der Waals surface area contributed by atoms with Crippen LogP contribution >= 0.6 is 0 Å². The van der Waals surface area contributed by atoms with Crippen molar-refractivity contribution >= 4 is 35.1 Å². The van der Waals surface area contributed by atoms with E-state index in [2.05, 4.69) is 5.32 Å². The van der Waals surface area contributed by atoms with Crippen LogP contribution in [0.5, 0.6) is 5.75 Å². The first-order valence-corrected chi connectivity index (χ1v) is 9.13. The van der Waals surface area contributed by atoms with Crippen molar-refractivity contribution in [1.82, 2.24) is 0 Å². The number of rotatable bonds is 7. The van der Waals surface area contributed by atoms with Crippen molar-refractivity contribution < 1.29 is 28.7 Å². The van der Waals surface area contributed by atoms with Gasteiger partial charge in [-0.25, -0.2) is 4.79 Å². The molecule has 0 radical (unpaired) electrons. The number of anilines is 2. The van der Waals surface area contributed by atoms with Gasteiger partial charge in [-0.05, 0) is 49.4 Å². The summed E-state index contributed by atoms with van der Waals surface area (Å²) in [6.45, 7) is 1.95. The number of nitrogens with one attached hydrogen (secondary N) is 1. The Morgan fingerprint density at radius 2 is 1.72 bits per heavy atom. The number of carbonyl (C=O) groups is 4. The van der Waals surface area contributed by atoms with E-state index in [0.29, 0.717) is 23.7 Å². The lowest BCUT2D eigenvalue weighted by molar-refractivity contribution is -0.121. The van der Waals surface area contributed by atoms with Crippen molar-refractivity contribution in [3.63, 3.8) is 0 Å². The molecular formula is C21H20N2O6. The zero-order valence-electron chi connectivity index (χ0n) is 15.8. The van der Waals surface area contributed by atoms with Gasteiger partial charge in [0.05, 0.1) is 17.9 Å². The Labute approximate surface area is 167 Å². The fourth-order valence-electron chi connectivity index (χ4n) is 2.85. The van der Waals surface area contributed by atoms with Gasteiger partial charge >= 0.3 is 5.97 Å². The molecular weight excluding hydrogens is 376 g/mol. The van der Waals surface area contributed by atoms with Gasteiger partial charge < -0.3 is 14.8 Å². The van der Waals surface area contributed by atoms with E-state index in [9.17, 15) is 19.2 Å². The highest BCUT2D eigenvalue weighted by Gasteiger charge is 2.30. The predicted molar refractivity (Wildman–Crippen MR) is 105 cm³/mol. The lowest BCUT2D eigenvalue weighted by Crippen LogP contribution is -2.28. The number of hydrogen-bond donors (Lipinski definition) is 1. The zero-order chi connectivity index (χ0) is 20.8. The smallest absolute Gasteiger partial charge is 0.338 e. The summed E-state index contributed by atoms with van der Waals surface area (Å²) < 4.78 is 10.4. The van der Waals surface area contributed by atoms with Crippen LogP contribution in [0.25, 0.3) is 0 Å². The highest BCUT2D eigenvalue weighted by molar-refractivity contribution is 6.20. The van der Waals surface area contributed by atoms with Crippen LogP contribution in [0.15, 0.2) is 48.5 Å². The summed E-state index contributed by atoms with van der Waals surface area (Å²) in [6.07, 6.45) is 0.304. The minimum Gasteiger partial charge on any atom is -0.494 e. The number of ether oxygens (including phenoxy) is 2. The van der Waals surface area contributed by atoms with E-state index in [1.165, 1.54) is 12.1 Å². The summed E-state index contributed by atoms with van der Waals surface area (Å²) in [5.41, 5.74) is 0.997. The molecule has 1 fully saturated rings. The maximum atomic E-state index is 12.2. The van der Waals surface area contributed by atoms with E-state index < -0.39 is 18.5 Å². The fraction of sp³-hybridized carbons (Fsp3) is 0.238. The van der Waals surface area contributed by atoms with Gasteiger partial charge in [-0.2, -0.15) is 0 Å². The number of nitrogens with zero attached hydrogens (tertiary/aromatic N) is 1. The van der Waals surface area contributed by atoms with Crippen LogP contribution in [0.4, 0.5) is 11.4 Å². The molecule has 1 aliphatic heterocycles. The third-order valence-electron chi connectivity index (χ3n) is 4.18. The summed E-state index contributed by atoms with van der Waals surface area (Å²) >= 11 is 0. The van der Waals surface area contributed by atoms with Crippen molar-refractivity contribution in [1.29, 1.82) is 0 Å². The zero-order valence-corrected chi connectivity index (χ0v) is 15.8. The topological polar surface area (TPSA) is 102 Å². The van der Waals surface area contributed by atoms with Gasteiger partial charge in [0, 0.05) is 18.5 Å². The normalized spacial score (nSPS) is 13.3. The minimum absolute atomic E-state index is 0.142. The fourth-order valence-corrected chi connectivity index (χ4v) is 2.85. The molecule has 1 N–H and O–H groups in total. The molecule has 8 nitrogen and oxygen atoms in total. The first-order chi connectivity index (χ1) is 14.0. The van der Waals surface area contributed by atoms with E-state index in [-0.39, 0.29) is 30.2 Å². The van der Waals surface area contributed by atoms with Gasteiger partial charge in [0.1, 0.15) is 5.75 Å². The van der Waals surface area contributed by atoms with Gasteiger partial charge in [0.25, 0.3) is 5.91 Å². The average Bonchev–Trinajstić information content (AvgIpc) is 3.06. The van der Waals surface area contributed by atoms with Crippen LogP contribution in [0, 0.1) is 0 Å². The molecule has 0 unspecified atom stereocenters. The van der Waals surface area contributed by atoms with Crippen molar-refractivity contribution in [3.05, 3.63) is 54.1 Å². The third-order valence-corrected chi connectivity index (χ3v) is 4.18. The van der Waals surface area contributed by atoms with Crippen LogP contribution in [0.2, 0.25) is 0 Å². The minimum atomic E-state index is -0.729. The van der Waals surface area contributed by atoms with E-state index in [0.717, 1.165) is 4.90 Å².